The Hall–Kier alpha value is -1.10. The Bertz CT molecular complexity index is 466. The van der Waals surface area contributed by atoms with Crippen molar-refractivity contribution in [2.45, 2.75) is 41.2 Å². The second kappa shape index (κ2) is 6.89. The Kier molecular flexibility index (Phi) is 5.79. The standard InChI is InChI=1S/C14H24N2O2S/c1-9(2)12(10(3)4)6-15-13(17)7-16-11(5)8-19-14(16)18/h8-10,12H,6-7H2,1-5H3,(H,15,17). The molecule has 0 unspecified atom stereocenters. The van der Waals surface area contributed by atoms with Crippen LogP contribution in [0, 0.1) is 24.7 Å². The van der Waals surface area contributed by atoms with E-state index in [0.717, 1.165) is 17.0 Å². The molecule has 0 spiro atoms. The maximum atomic E-state index is 11.9. The summed E-state index contributed by atoms with van der Waals surface area (Å²) in [6.45, 7) is 11.3. The maximum Gasteiger partial charge on any atom is 0.307 e. The summed E-state index contributed by atoms with van der Waals surface area (Å²) in [5, 5.41) is 4.72. The van der Waals surface area contributed by atoms with Gasteiger partial charge in [-0.05, 0) is 24.7 Å². The van der Waals surface area contributed by atoms with E-state index in [1.54, 1.807) is 5.38 Å². The Labute approximate surface area is 118 Å². The summed E-state index contributed by atoms with van der Waals surface area (Å²) in [4.78, 5) is 23.4. The van der Waals surface area contributed by atoms with Gasteiger partial charge in [-0.15, -0.1) is 0 Å². The van der Waals surface area contributed by atoms with Gasteiger partial charge in [0.25, 0.3) is 0 Å². The molecule has 1 rings (SSSR count). The van der Waals surface area contributed by atoms with Gasteiger partial charge in [0.1, 0.15) is 6.54 Å². The van der Waals surface area contributed by atoms with Crippen LogP contribution in [0.3, 0.4) is 0 Å². The van der Waals surface area contributed by atoms with Crippen LogP contribution < -0.4 is 10.2 Å². The largest absolute Gasteiger partial charge is 0.354 e. The molecule has 4 nitrogen and oxygen atoms in total. The van der Waals surface area contributed by atoms with Crippen LogP contribution in [0.25, 0.3) is 0 Å². The first-order valence-corrected chi connectivity index (χ1v) is 7.62. The number of hydrogen-bond acceptors (Lipinski definition) is 3. The lowest BCUT2D eigenvalue weighted by Crippen LogP contribution is -2.37. The van der Waals surface area contributed by atoms with E-state index < -0.39 is 0 Å². The van der Waals surface area contributed by atoms with Crippen LogP contribution in [0.1, 0.15) is 33.4 Å². The molecule has 0 aromatic carbocycles. The Balaban J connectivity index is 2.55. The van der Waals surface area contributed by atoms with Crippen molar-refractivity contribution in [3.63, 3.8) is 0 Å². The number of nitrogens with zero attached hydrogens (tertiary/aromatic N) is 1. The summed E-state index contributed by atoms with van der Waals surface area (Å²) >= 11 is 1.13. The van der Waals surface area contributed by atoms with Gasteiger partial charge in [-0.25, -0.2) is 0 Å². The van der Waals surface area contributed by atoms with Crippen molar-refractivity contribution in [3.05, 3.63) is 20.7 Å². The summed E-state index contributed by atoms with van der Waals surface area (Å²) in [5.41, 5.74) is 0.842. The molecule has 1 N–H and O–H groups in total. The minimum absolute atomic E-state index is 0.0723. The van der Waals surface area contributed by atoms with Crippen molar-refractivity contribution in [1.29, 1.82) is 0 Å². The van der Waals surface area contributed by atoms with Crippen LogP contribution in [0.15, 0.2) is 10.2 Å². The lowest BCUT2D eigenvalue weighted by Gasteiger charge is -2.25. The topological polar surface area (TPSA) is 51.1 Å². The number of aryl methyl sites for hydroxylation is 1. The molecule has 19 heavy (non-hydrogen) atoms. The molecule has 0 fully saturated rings. The Morgan fingerprint density at radius 1 is 1.32 bits per heavy atom. The summed E-state index contributed by atoms with van der Waals surface area (Å²) in [6, 6.07) is 0. The fraction of sp³-hybridized carbons (Fsp3) is 0.714. The molecule has 0 aliphatic carbocycles. The number of rotatable bonds is 6. The molecule has 0 saturated carbocycles. The number of amides is 1. The molecule has 1 aromatic rings. The average molecular weight is 284 g/mol. The van der Waals surface area contributed by atoms with Crippen LogP contribution in [-0.2, 0) is 11.3 Å². The molecule has 0 aliphatic heterocycles. The predicted octanol–water partition coefficient (Wildman–Crippen LogP) is 2.26. The van der Waals surface area contributed by atoms with Crippen molar-refractivity contribution in [2.24, 2.45) is 17.8 Å². The quantitative estimate of drug-likeness (QED) is 0.871. The molecule has 0 atom stereocenters. The number of aromatic nitrogens is 1. The molecule has 0 aliphatic rings. The van der Waals surface area contributed by atoms with Gasteiger partial charge in [0.2, 0.25) is 5.91 Å². The molecular weight excluding hydrogens is 260 g/mol. The Morgan fingerprint density at radius 3 is 2.32 bits per heavy atom. The lowest BCUT2D eigenvalue weighted by molar-refractivity contribution is -0.122. The minimum Gasteiger partial charge on any atom is -0.354 e. The normalized spacial score (nSPS) is 11.6. The van der Waals surface area contributed by atoms with Gasteiger partial charge in [-0.1, -0.05) is 39.0 Å². The summed E-state index contributed by atoms with van der Waals surface area (Å²) in [6.07, 6.45) is 0. The first-order valence-electron chi connectivity index (χ1n) is 6.74. The van der Waals surface area contributed by atoms with Crippen LogP contribution >= 0.6 is 11.3 Å². The second-order valence-corrected chi connectivity index (χ2v) is 6.51. The molecule has 108 valence electrons. The van der Waals surface area contributed by atoms with Crippen LogP contribution in [-0.4, -0.2) is 17.0 Å². The number of carbonyl (C=O) groups is 1. The highest BCUT2D eigenvalue weighted by Crippen LogP contribution is 2.19. The van der Waals surface area contributed by atoms with Crippen LogP contribution in [0.2, 0.25) is 0 Å². The van der Waals surface area contributed by atoms with Gasteiger partial charge in [0.15, 0.2) is 0 Å². The van der Waals surface area contributed by atoms with E-state index in [-0.39, 0.29) is 17.3 Å². The van der Waals surface area contributed by atoms with E-state index in [1.807, 2.05) is 6.92 Å². The van der Waals surface area contributed by atoms with Crippen molar-refractivity contribution >= 4 is 17.2 Å². The summed E-state index contributed by atoms with van der Waals surface area (Å²) in [7, 11) is 0. The first-order chi connectivity index (χ1) is 8.82. The zero-order valence-corrected chi connectivity index (χ0v) is 13.2. The summed E-state index contributed by atoms with van der Waals surface area (Å²) in [5.74, 6) is 1.44. The molecule has 0 radical (unpaired) electrons. The fourth-order valence-corrected chi connectivity index (χ4v) is 3.00. The summed E-state index contributed by atoms with van der Waals surface area (Å²) < 4.78 is 1.51. The molecular formula is C14H24N2O2S. The molecule has 1 aromatic heterocycles. The fourth-order valence-electron chi connectivity index (χ4n) is 2.27. The second-order valence-electron chi connectivity index (χ2n) is 5.69. The molecule has 1 heterocycles. The SMILES string of the molecule is Cc1csc(=O)n1CC(=O)NCC(C(C)C)C(C)C. The minimum atomic E-state index is -0.0881. The third-order valence-electron chi connectivity index (χ3n) is 3.53. The van der Waals surface area contributed by atoms with E-state index in [4.69, 9.17) is 0 Å². The van der Waals surface area contributed by atoms with E-state index in [1.165, 1.54) is 4.57 Å². The average Bonchev–Trinajstić information content (AvgIpc) is 2.60. The van der Waals surface area contributed by atoms with Gasteiger partial charge in [0.05, 0.1) is 0 Å². The van der Waals surface area contributed by atoms with E-state index in [0.29, 0.717) is 24.3 Å². The maximum absolute atomic E-state index is 11.9. The highest BCUT2D eigenvalue weighted by molar-refractivity contribution is 7.07. The van der Waals surface area contributed by atoms with Crippen molar-refractivity contribution < 1.29 is 4.79 Å². The van der Waals surface area contributed by atoms with Gasteiger partial charge in [-0.3, -0.25) is 14.2 Å². The van der Waals surface area contributed by atoms with E-state index in [2.05, 4.69) is 33.0 Å². The van der Waals surface area contributed by atoms with Gasteiger partial charge in [0, 0.05) is 17.6 Å². The van der Waals surface area contributed by atoms with Crippen molar-refractivity contribution in [2.75, 3.05) is 6.54 Å². The van der Waals surface area contributed by atoms with Crippen molar-refractivity contribution in [1.82, 2.24) is 9.88 Å². The smallest absolute Gasteiger partial charge is 0.307 e. The van der Waals surface area contributed by atoms with Crippen LogP contribution in [0.4, 0.5) is 0 Å². The molecule has 0 saturated heterocycles. The Morgan fingerprint density at radius 2 is 1.89 bits per heavy atom. The zero-order chi connectivity index (χ0) is 14.6. The van der Waals surface area contributed by atoms with E-state index >= 15 is 0 Å². The first kappa shape index (κ1) is 16.0. The number of hydrogen-bond donors (Lipinski definition) is 1. The van der Waals surface area contributed by atoms with Gasteiger partial charge in [-0.2, -0.15) is 0 Å². The molecule has 1 amide bonds. The lowest BCUT2D eigenvalue weighted by atomic mass is 9.85. The van der Waals surface area contributed by atoms with E-state index in [9.17, 15) is 9.59 Å². The van der Waals surface area contributed by atoms with Crippen molar-refractivity contribution in [3.8, 4) is 0 Å². The predicted molar refractivity (Wildman–Crippen MR) is 79.5 cm³/mol. The van der Waals surface area contributed by atoms with Gasteiger partial charge >= 0.3 is 4.87 Å². The third kappa shape index (κ3) is 4.49. The molecule has 0 bridgehead atoms. The number of nitrogens with one attached hydrogen (secondary N) is 1. The van der Waals surface area contributed by atoms with Gasteiger partial charge < -0.3 is 5.32 Å². The highest BCUT2D eigenvalue weighted by atomic mass is 32.1. The number of carbonyl (C=O) groups excluding carboxylic acids is 1. The molecule has 5 heteroatoms. The zero-order valence-electron chi connectivity index (χ0n) is 12.4. The highest BCUT2D eigenvalue weighted by Gasteiger charge is 2.18. The third-order valence-corrected chi connectivity index (χ3v) is 4.41. The monoisotopic (exact) mass is 284 g/mol. The van der Waals surface area contributed by atoms with Crippen LogP contribution in [0.5, 0.6) is 0 Å². The number of thiazole rings is 1.